The number of anilines is 2. The SMILES string of the molecule is CCCNCc1sc(N(C)c2ccccc2F)nc1CC. The number of halogens is 1. The van der Waals surface area contributed by atoms with Crippen LogP contribution in [-0.2, 0) is 13.0 Å². The molecule has 2 rings (SSSR count). The zero-order chi connectivity index (χ0) is 15.2. The third kappa shape index (κ3) is 3.80. The number of benzene rings is 1. The van der Waals surface area contributed by atoms with Gasteiger partial charge < -0.3 is 10.2 Å². The van der Waals surface area contributed by atoms with E-state index in [2.05, 4.69) is 24.1 Å². The zero-order valence-electron chi connectivity index (χ0n) is 12.8. The fourth-order valence-electron chi connectivity index (χ4n) is 2.13. The lowest BCUT2D eigenvalue weighted by atomic mass is 10.3. The van der Waals surface area contributed by atoms with Gasteiger partial charge in [-0.2, -0.15) is 0 Å². The summed E-state index contributed by atoms with van der Waals surface area (Å²) in [5.41, 5.74) is 1.66. The minimum Gasteiger partial charge on any atom is -0.318 e. The number of hydrogen-bond acceptors (Lipinski definition) is 4. The van der Waals surface area contributed by atoms with Crippen molar-refractivity contribution in [2.24, 2.45) is 0 Å². The zero-order valence-corrected chi connectivity index (χ0v) is 13.6. The topological polar surface area (TPSA) is 28.2 Å². The van der Waals surface area contributed by atoms with Crippen LogP contribution in [0.15, 0.2) is 24.3 Å². The first-order valence-electron chi connectivity index (χ1n) is 7.34. The Morgan fingerprint density at radius 3 is 2.71 bits per heavy atom. The summed E-state index contributed by atoms with van der Waals surface area (Å²) in [6.45, 7) is 6.09. The molecule has 0 radical (unpaired) electrons. The molecule has 0 unspecified atom stereocenters. The van der Waals surface area contributed by atoms with Crippen LogP contribution in [0, 0.1) is 5.82 Å². The van der Waals surface area contributed by atoms with Crippen molar-refractivity contribution in [1.82, 2.24) is 10.3 Å². The number of nitrogens with zero attached hydrogens (tertiary/aromatic N) is 2. The molecule has 0 saturated heterocycles. The Labute approximate surface area is 129 Å². The molecule has 0 fully saturated rings. The molecule has 2 aromatic rings. The molecule has 114 valence electrons. The van der Waals surface area contributed by atoms with Crippen LogP contribution >= 0.6 is 11.3 Å². The van der Waals surface area contributed by atoms with Crippen LogP contribution in [0.5, 0.6) is 0 Å². The van der Waals surface area contributed by atoms with Gasteiger partial charge in [-0.05, 0) is 31.5 Å². The molecule has 5 heteroatoms. The molecule has 1 aromatic carbocycles. The van der Waals surface area contributed by atoms with E-state index in [0.717, 1.165) is 36.8 Å². The van der Waals surface area contributed by atoms with Crippen LogP contribution < -0.4 is 10.2 Å². The lowest BCUT2D eigenvalue weighted by Crippen LogP contribution is -2.13. The summed E-state index contributed by atoms with van der Waals surface area (Å²) in [6.07, 6.45) is 2.01. The second-order valence-corrected chi connectivity index (χ2v) is 5.97. The Kier molecular flexibility index (Phi) is 5.70. The fourth-order valence-corrected chi connectivity index (χ4v) is 3.23. The summed E-state index contributed by atoms with van der Waals surface area (Å²) in [7, 11) is 1.86. The largest absolute Gasteiger partial charge is 0.318 e. The van der Waals surface area contributed by atoms with E-state index in [0.29, 0.717) is 5.69 Å². The standard InChI is InChI=1S/C16H22FN3S/c1-4-10-18-11-15-13(5-2)19-16(21-15)20(3)14-9-7-6-8-12(14)17/h6-9,18H,4-5,10-11H2,1-3H3. The average molecular weight is 307 g/mol. The van der Waals surface area contributed by atoms with Crippen LogP contribution in [0.1, 0.15) is 30.8 Å². The van der Waals surface area contributed by atoms with Gasteiger partial charge in [-0.15, -0.1) is 0 Å². The number of para-hydroxylation sites is 1. The molecule has 0 bridgehead atoms. The van der Waals surface area contributed by atoms with Crippen LogP contribution in [-0.4, -0.2) is 18.6 Å². The molecular weight excluding hydrogens is 285 g/mol. The van der Waals surface area contributed by atoms with Crippen molar-refractivity contribution in [1.29, 1.82) is 0 Å². The summed E-state index contributed by atoms with van der Waals surface area (Å²) < 4.78 is 13.9. The fraction of sp³-hybridized carbons (Fsp3) is 0.438. The molecule has 0 atom stereocenters. The number of aromatic nitrogens is 1. The molecule has 0 spiro atoms. The van der Waals surface area contributed by atoms with Crippen molar-refractivity contribution in [2.75, 3.05) is 18.5 Å². The first-order valence-corrected chi connectivity index (χ1v) is 8.16. The van der Waals surface area contributed by atoms with E-state index in [9.17, 15) is 4.39 Å². The molecule has 0 aliphatic heterocycles. The molecule has 3 nitrogen and oxygen atoms in total. The number of nitrogens with one attached hydrogen (secondary N) is 1. The van der Waals surface area contributed by atoms with Crippen molar-refractivity contribution in [3.63, 3.8) is 0 Å². The number of thiazole rings is 1. The Balaban J connectivity index is 2.22. The minimum atomic E-state index is -0.223. The van der Waals surface area contributed by atoms with Gasteiger partial charge in [-0.1, -0.05) is 37.3 Å². The minimum absolute atomic E-state index is 0.223. The summed E-state index contributed by atoms with van der Waals surface area (Å²) in [5, 5.41) is 4.25. The Hall–Kier alpha value is -1.46. The van der Waals surface area contributed by atoms with E-state index >= 15 is 0 Å². The lowest BCUT2D eigenvalue weighted by Gasteiger charge is -2.16. The van der Waals surface area contributed by atoms with Crippen molar-refractivity contribution in [3.05, 3.63) is 40.7 Å². The highest BCUT2D eigenvalue weighted by atomic mass is 32.1. The van der Waals surface area contributed by atoms with E-state index in [1.54, 1.807) is 23.5 Å². The van der Waals surface area contributed by atoms with E-state index in [1.165, 1.54) is 10.9 Å². The first-order chi connectivity index (χ1) is 10.2. The third-order valence-corrected chi connectivity index (χ3v) is 4.49. The Bertz CT molecular complexity index is 583. The molecule has 0 aliphatic rings. The maximum Gasteiger partial charge on any atom is 0.190 e. The van der Waals surface area contributed by atoms with Gasteiger partial charge >= 0.3 is 0 Å². The average Bonchev–Trinajstić information content (AvgIpc) is 2.90. The summed E-state index contributed by atoms with van der Waals surface area (Å²) >= 11 is 1.63. The quantitative estimate of drug-likeness (QED) is 0.780. The number of hydrogen-bond donors (Lipinski definition) is 1. The summed E-state index contributed by atoms with van der Waals surface area (Å²) in [6, 6.07) is 6.79. The van der Waals surface area contributed by atoms with Gasteiger partial charge in [0.25, 0.3) is 0 Å². The molecule has 1 heterocycles. The van der Waals surface area contributed by atoms with Crippen LogP contribution in [0.25, 0.3) is 0 Å². The van der Waals surface area contributed by atoms with Gasteiger partial charge in [-0.25, -0.2) is 9.37 Å². The van der Waals surface area contributed by atoms with Gasteiger partial charge in [0.2, 0.25) is 0 Å². The monoisotopic (exact) mass is 307 g/mol. The summed E-state index contributed by atoms with van der Waals surface area (Å²) in [5.74, 6) is -0.223. The molecular formula is C16H22FN3S. The van der Waals surface area contributed by atoms with E-state index in [1.807, 2.05) is 18.0 Å². The van der Waals surface area contributed by atoms with Gasteiger partial charge in [0.05, 0.1) is 11.4 Å². The predicted octanol–water partition coefficient (Wildman–Crippen LogP) is 4.11. The van der Waals surface area contributed by atoms with E-state index in [4.69, 9.17) is 0 Å². The normalized spacial score (nSPS) is 10.9. The molecule has 1 aromatic heterocycles. The van der Waals surface area contributed by atoms with Gasteiger partial charge in [0, 0.05) is 18.5 Å². The van der Waals surface area contributed by atoms with Crippen molar-refractivity contribution in [3.8, 4) is 0 Å². The van der Waals surface area contributed by atoms with Crippen LogP contribution in [0.3, 0.4) is 0 Å². The van der Waals surface area contributed by atoms with Crippen molar-refractivity contribution in [2.45, 2.75) is 33.2 Å². The highest BCUT2D eigenvalue weighted by Gasteiger charge is 2.15. The lowest BCUT2D eigenvalue weighted by molar-refractivity contribution is 0.627. The van der Waals surface area contributed by atoms with Gasteiger partial charge in [0.1, 0.15) is 5.82 Å². The molecule has 0 saturated carbocycles. The first kappa shape index (κ1) is 15.9. The van der Waals surface area contributed by atoms with E-state index < -0.39 is 0 Å². The third-order valence-electron chi connectivity index (χ3n) is 3.31. The van der Waals surface area contributed by atoms with Crippen molar-refractivity contribution < 1.29 is 4.39 Å². The summed E-state index contributed by atoms with van der Waals surface area (Å²) in [4.78, 5) is 7.72. The van der Waals surface area contributed by atoms with E-state index in [-0.39, 0.29) is 5.82 Å². The second kappa shape index (κ2) is 7.52. The Morgan fingerprint density at radius 2 is 2.05 bits per heavy atom. The molecule has 1 N–H and O–H groups in total. The maximum absolute atomic E-state index is 13.9. The van der Waals surface area contributed by atoms with Crippen molar-refractivity contribution >= 4 is 22.2 Å². The predicted molar refractivity (Wildman–Crippen MR) is 88.0 cm³/mol. The Morgan fingerprint density at radius 1 is 1.29 bits per heavy atom. The van der Waals surface area contributed by atoms with Gasteiger partial charge in [0.15, 0.2) is 5.13 Å². The number of aryl methyl sites for hydroxylation is 1. The van der Waals surface area contributed by atoms with Crippen LogP contribution in [0.2, 0.25) is 0 Å². The second-order valence-electron chi connectivity index (χ2n) is 4.91. The number of rotatable bonds is 7. The highest BCUT2D eigenvalue weighted by Crippen LogP contribution is 2.32. The highest BCUT2D eigenvalue weighted by molar-refractivity contribution is 7.15. The molecule has 21 heavy (non-hydrogen) atoms. The van der Waals surface area contributed by atoms with Crippen LogP contribution in [0.4, 0.5) is 15.2 Å². The smallest absolute Gasteiger partial charge is 0.190 e. The molecule has 0 amide bonds. The van der Waals surface area contributed by atoms with Gasteiger partial charge in [-0.3, -0.25) is 0 Å². The maximum atomic E-state index is 13.9. The molecule has 0 aliphatic carbocycles.